The van der Waals surface area contributed by atoms with Crippen molar-refractivity contribution in [1.82, 2.24) is 4.90 Å². The van der Waals surface area contributed by atoms with E-state index in [2.05, 4.69) is 22.0 Å². The smallest absolute Gasteiger partial charge is 0.293 e. The van der Waals surface area contributed by atoms with Gasteiger partial charge >= 0.3 is 0 Å². The first kappa shape index (κ1) is 25.5. The van der Waals surface area contributed by atoms with E-state index in [1.54, 1.807) is 54.6 Å². The van der Waals surface area contributed by atoms with Crippen LogP contribution in [0.2, 0.25) is 0 Å². The Kier molecular flexibility index (Phi) is 8.08. The molecular weight excluding hydrogens is 547 g/mol. The zero-order valence-corrected chi connectivity index (χ0v) is 21.6. The van der Waals surface area contributed by atoms with Gasteiger partial charge in [-0.15, -0.1) is 0 Å². The first-order chi connectivity index (χ1) is 17.4. The van der Waals surface area contributed by atoms with Gasteiger partial charge in [0.05, 0.1) is 34.2 Å². The van der Waals surface area contributed by atoms with Gasteiger partial charge in [0.1, 0.15) is 12.4 Å². The number of hydrogen-bond acceptors (Lipinski definition) is 6. The maximum absolute atomic E-state index is 13.5. The predicted molar refractivity (Wildman–Crippen MR) is 139 cm³/mol. The van der Waals surface area contributed by atoms with E-state index < -0.39 is 11.1 Å². The monoisotopic (exact) mass is 566 g/mol. The van der Waals surface area contributed by atoms with Crippen LogP contribution in [0.4, 0.5) is 9.18 Å². The van der Waals surface area contributed by atoms with Crippen LogP contribution in [0, 0.1) is 17.1 Å². The summed E-state index contributed by atoms with van der Waals surface area (Å²) < 4.78 is 25.7. The average Bonchev–Trinajstić information content (AvgIpc) is 3.11. The molecule has 1 saturated heterocycles. The zero-order valence-electron chi connectivity index (χ0n) is 19.2. The third kappa shape index (κ3) is 5.78. The van der Waals surface area contributed by atoms with E-state index in [4.69, 9.17) is 9.47 Å². The molecule has 1 heterocycles. The molecule has 0 saturated carbocycles. The van der Waals surface area contributed by atoms with Crippen LogP contribution >= 0.6 is 27.7 Å². The van der Waals surface area contributed by atoms with Crippen molar-refractivity contribution in [3.05, 3.63) is 98.1 Å². The van der Waals surface area contributed by atoms with Crippen LogP contribution < -0.4 is 9.47 Å². The van der Waals surface area contributed by atoms with Crippen molar-refractivity contribution in [2.75, 3.05) is 6.61 Å². The molecule has 36 heavy (non-hydrogen) atoms. The maximum atomic E-state index is 13.5. The van der Waals surface area contributed by atoms with Crippen molar-refractivity contribution < 1.29 is 23.5 Å². The molecule has 9 heteroatoms. The zero-order chi connectivity index (χ0) is 25.7. The number of benzene rings is 3. The Bertz CT molecular complexity index is 1400. The minimum atomic E-state index is -0.432. The number of carbonyl (C=O) groups is 2. The highest BCUT2D eigenvalue weighted by Gasteiger charge is 2.35. The molecule has 2 amide bonds. The van der Waals surface area contributed by atoms with Gasteiger partial charge in [0.25, 0.3) is 11.1 Å². The highest BCUT2D eigenvalue weighted by atomic mass is 79.9. The van der Waals surface area contributed by atoms with Crippen LogP contribution in [-0.2, 0) is 17.9 Å². The lowest BCUT2D eigenvalue weighted by molar-refractivity contribution is -0.123. The maximum Gasteiger partial charge on any atom is 0.293 e. The van der Waals surface area contributed by atoms with Gasteiger partial charge < -0.3 is 9.47 Å². The number of nitriles is 1. The quantitative estimate of drug-likeness (QED) is 0.283. The fourth-order valence-corrected chi connectivity index (χ4v) is 4.99. The summed E-state index contributed by atoms with van der Waals surface area (Å²) in [5.74, 6) is 0.107. The summed E-state index contributed by atoms with van der Waals surface area (Å²) in [7, 11) is 0. The van der Waals surface area contributed by atoms with Crippen molar-refractivity contribution in [2.24, 2.45) is 0 Å². The SMILES string of the molecule is CCOc1cc(/C=C2/SC(=O)N(Cc3ccccc3C#N)C2=O)cc(Br)c1OCc1cccc(F)c1. The molecule has 0 bridgehead atoms. The Balaban J connectivity index is 1.57. The van der Waals surface area contributed by atoms with Gasteiger partial charge in [0.2, 0.25) is 0 Å². The number of amides is 2. The number of imide groups is 1. The first-order valence-electron chi connectivity index (χ1n) is 11.0. The molecule has 0 spiro atoms. The molecule has 0 N–H and O–H groups in total. The number of thioether (sulfide) groups is 1. The molecule has 3 aromatic rings. The standard InChI is InChI=1S/C27H20BrFN2O4S/c1-2-34-23-12-18(11-22(28)25(23)35-16-17-6-5-9-21(29)10-17)13-24-26(32)31(27(33)36-24)15-20-8-4-3-7-19(20)14-30/h3-13H,2,15-16H2,1H3/b24-13+. The molecule has 182 valence electrons. The van der Waals surface area contributed by atoms with Crippen LogP contribution in [0.15, 0.2) is 70.0 Å². The van der Waals surface area contributed by atoms with Gasteiger partial charge in [0.15, 0.2) is 11.5 Å². The molecule has 0 radical (unpaired) electrons. The lowest BCUT2D eigenvalue weighted by Crippen LogP contribution is -2.27. The number of halogens is 2. The molecule has 0 atom stereocenters. The molecule has 0 aliphatic carbocycles. The van der Waals surface area contributed by atoms with Gasteiger partial charge in [-0.05, 0) is 87.7 Å². The van der Waals surface area contributed by atoms with Crippen LogP contribution in [-0.4, -0.2) is 22.7 Å². The molecule has 0 unspecified atom stereocenters. The fourth-order valence-electron chi connectivity index (χ4n) is 3.58. The Hall–Kier alpha value is -3.61. The molecule has 1 aliphatic rings. The van der Waals surface area contributed by atoms with Crippen molar-refractivity contribution >= 4 is 44.9 Å². The Morgan fingerprint density at radius 3 is 2.67 bits per heavy atom. The molecule has 4 rings (SSSR count). The van der Waals surface area contributed by atoms with Gasteiger partial charge in [-0.1, -0.05) is 30.3 Å². The largest absolute Gasteiger partial charge is 0.490 e. The summed E-state index contributed by atoms with van der Waals surface area (Å²) >= 11 is 4.34. The number of hydrogen-bond donors (Lipinski definition) is 0. The molecule has 0 aromatic heterocycles. The normalized spacial score (nSPS) is 14.3. The third-order valence-electron chi connectivity index (χ3n) is 5.24. The third-order valence-corrected chi connectivity index (χ3v) is 6.74. The predicted octanol–water partition coefficient (Wildman–Crippen LogP) is 6.67. The van der Waals surface area contributed by atoms with E-state index in [-0.39, 0.29) is 23.9 Å². The Morgan fingerprint density at radius 1 is 1.11 bits per heavy atom. The van der Waals surface area contributed by atoms with E-state index >= 15 is 0 Å². The highest BCUT2D eigenvalue weighted by Crippen LogP contribution is 2.40. The fraction of sp³-hybridized carbons (Fsp3) is 0.148. The average molecular weight is 567 g/mol. The first-order valence-corrected chi connectivity index (χ1v) is 12.6. The van der Waals surface area contributed by atoms with Crippen molar-refractivity contribution in [1.29, 1.82) is 5.26 Å². The number of carbonyl (C=O) groups excluding carboxylic acids is 2. The van der Waals surface area contributed by atoms with Gasteiger partial charge in [-0.25, -0.2) is 4.39 Å². The van der Waals surface area contributed by atoms with E-state index in [0.29, 0.717) is 44.8 Å². The van der Waals surface area contributed by atoms with E-state index in [9.17, 15) is 19.2 Å². The second-order valence-corrected chi connectivity index (χ2v) is 9.57. The lowest BCUT2D eigenvalue weighted by Gasteiger charge is -2.15. The summed E-state index contributed by atoms with van der Waals surface area (Å²) in [5.41, 5.74) is 2.32. The molecule has 6 nitrogen and oxygen atoms in total. The summed E-state index contributed by atoms with van der Waals surface area (Å²) in [5, 5.41) is 8.90. The summed E-state index contributed by atoms with van der Waals surface area (Å²) in [6.45, 7) is 2.37. The van der Waals surface area contributed by atoms with E-state index in [0.717, 1.165) is 16.7 Å². The molecular formula is C27H20BrFN2O4S. The number of rotatable bonds is 8. The topological polar surface area (TPSA) is 79.6 Å². The number of nitrogens with zero attached hydrogens (tertiary/aromatic N) is 2. The summed E-state index contributed by atoms with van der Waals surface area (Å²) in [6.07, 6.45) is 1.62. The van der Waals surface area contributed by atoms with Crippen molar-refractivity contribution in [3.8, 4) is 17.6 Å². The van der Waals surface area contributed by atoms with Gasteiger partial charge in [0, 0.05) is 0 Å². The van der Waals surface area contributed by atoms with Crippen LogP contribution in [0.25, 0.3) is 6.08 Å². The molecule has 1 aliphatic heterocycles. The summed E-state index contributed by atoms with van der Waals surface area (Å²) in [6, 6.07) is 18.5. The van der Waals surface area contributed by atoms with E-state index in [1.807, 2.05) is 6.92 Å². The Labute approximate surface area is 220 Å². The Morgan fingerprint density at radius 2 is 1.92 bits per heavy atom. The van der Waals surface area contributed by atoms with Gasteiger partial charge in [-0.3, -0.25) is 14.5 Å². The molecule has 3 aromatic carbocycles. The van der Waals surface area contributed by atoms with E-state index in [1.165, 1.54) is 12.1 Å². The second-order valence-electron chi connectivity index (χ2n) is 7.72. The minimum Gasteiger partial charge on any atom is -0.490 e. The number of ether oxygens (including phenoxy) is 2. The van der Waals surface area contributed by atoms with Crippen LogP contribution in [0.1, 0.15) is 29.2 Å². The van der Waals surface area contributed by atoms with Crippen molar-refractivity contribution in [2.45, 2.75) is 20.1 Å². The van der Waals surface area contributed by atoms with Crippen LogP contribution in [0.5, 0.6) is 11.5 Å². The van der Waals surface area contributed by atoms with Gasteiger partial charge in [-0.2, -0.15) is 5.26 Å². The van der Waals surface area contributed by atoms with Crippen LogP contribution in [0.3, 0.4) is 0 Å². The minimum absolute atomic E-state index is 0.0203. The van der Waals surface area contributed by atoms with Crippen molar-refractivity contribution in [3.63, 3.8) is 0 Å². The highest BCUT2D eigenvalue weighted by molar-refractivity contribution is 9.10. The summed E-state index contributed by atoms with van der Waals surface area (Å²) in [4.78, 5) is 27.0. The molecule has 1 fully saturated rings. The lowest BCUT2D eigenvalue weighted by atomic mass is 10.1. The second kappa shape index (κ2) is 11.4.